The number of oxazole rings is 1. The van der Waals surface area contributed by atoms with Crippen molar-refractivity contribution in [3.63, 3.8) is 0 Å². The third-order valence-corrected chi connectivity index (χ3v) is 4.78. The molecule has 0 spiro atoms. The van der Waals surface area contributed by atoms with Crippen molar-refractivity contribution in [2.75, 3.05) is 11.4 Å². The summed E-state index contributed by atoms with van der Waals surface area (Å²) in [7, 11) is 0. The number of aromatic nitrogens is 1. The molecule has 0 saturated heterocycles. The monoisotopic (exact) mass is 381 g/mol. The van der Waals surface area contributed by atoms with E-state index in [9.17, 15) is 19.3 Å². The fourth-order valence-electron chi connectivity index (χ4n) is 3.29. The number of aryl methyl sites for hydroxylation is 1. The van der Waals surface area contributed by atoms with Gasteiger partial charge in [0.1, 0.15) is 11.6 Å². The van der Waals surface area contributed by atoms with Crippen molar-refractivity contribution in [1.82, 2.24) is 4.98 Å². The summed E-state index contributed by atoms with van der Waals surface area (Å²) in [6.07, 6.45) is 0.663. The highest BCUT2D eigenvalue weighted by Crippen LogP contribution is 2.32. The minimum absolute atomic E-state index is 0.0126. The number of benzene rings is 2. The molecule has 1 aliphatic heterocycles. The van der Waals surface area contributed by atoms with Crippen LogP contribution in [0.2, 0.25) is 0 Å². The van der Waals surface area contributed by atoms with E-state index in [1.165, 1.54) is 24.3 Å². The summed E-state index contributed by atoms with van der Waals surface area (Å²) in [5.74, 6) is 0.259. The molecule has 0 saturated carbocycles. The first-order valence-electron chi connectivity index (χ1n) is 8.72. The smallest absolute Gasteiger partial charge is 0.271 e. The number of hydrogen-bond donors (Lipinski definition) is 0. The minimum atomic E-state index is -0.474. The molecule has 0 unspecified atom stereocenters. The molecule has 0 radical (unpaired) electrons. The fourth-order valence-corrected chi connectivity index (χ4v) is 3.29. The zero-order chi connectivity index (χ0) is 19.8. The van der Waals surface area contributed by atoms with Gasteiger partial charge in [-0.05, 0) is 43.2 Å². The van der Waals surface area contributed by atoms with Gasteiger partial charge in [-0.25, -0.2) is 9.37 Å². The van der Waals surface area contributed by atoms with Gasteiger partial charge >= 0.3 is 0 Å². The van der Waals surface area contributed by atoms with Crippen LogP contribution >= 0.6 is 0 Å². The molecule has 0 N–H and O–H groups in total. The molecule has 0 fully saturated rings. The quantitative estimate of drug-likeness (QED) is 0.506. The number of amides is 1. The maximum absolute atomic E-state index is 13.1. The van der Waals surface area contributed by atoms with Gasteiger partial charge < -0.3 is 9.32 Å². The topological polar surface area (TPSA) is 89.5 Å². The number of nitrogens with zero attached hydrogens (tertiary/aromatic N) is 3. The van der Waals surface area contributed by atoms with Crippen molar-refractivity contribution >= 4 is 17.3 Å². The van der Waals surface area contributed by atoms with Crippen LogP contribution in [0.25, 0.3) is 11.5 Å². The van der Waals surface area contributed by atoms with E-state index >= 15 is 0 Å². The highest BCUT2D eigenvalue weighted by atomic mass is 19.1. The molecule has 1 aliphatic rings. The van der Waals surface area contributed by atoms with Crippen molar-refractivity contribution in [2.24, 2.45) is 0 Å². The average molecular weight is 381 g/mol. The van der Waals surface area contributed by atoms with E-state index in [0.29, 0.717) is 41.6 Å². The first-order valence-corrected chi connectivity index (χ1v) is 8.72. The molecule has 7 nitrogen and oxygen atoms in total. The van der Waals surface area contributed by atoms with Gasteiger partial charge in [-0.15, -0.1) is 0 Å². The van der Waals surface area contributed by atoms with Gasteiger partial charge in [0.15, 0.2) is 0 Å². The molecule has 0 aliphatic carbocycles. The standard InChI is InChI=1S/C20H16FN3O4/c1-12-17(22-20(28-12)14-2-5-15(21)6-3-14)11-19(25)23-9-8-13-4-7-16(24(26)27)10-18(13)23/h2-7,10H,8-9,11H2,1H3. The molecular weight excluding hydrogens is 365 g/mol. The number of non-ortho nitro benzene ring substituents is 1. The Balaban J connectivity index is 1.56. The Hall–Kier alpha value is -3.55. The largest absolute Gasteiger partial charge is 0.441 e. The van der Waals surface area contributed by atoms with Crippen LogP contribution in [0, 0.1) is 22.9 Å². The van der Waals surface area contributed by atoms with Crippen molar-refractivity contribution in [1.29, 1.82) is 0 Å². The molecule has 2 aromatic carbocycles. The molecule has 3 aromatic rings. The Morgan fingerprint density at radius 2 is 2.04 bits per heavy atom. The van der Waals surface area contributed by atoms with E-state index in [1.807, 2.05) is 0 Å². The summed E-state index contributed by atoms with van der Waals surface area (Å²) < 4.78 is 18.7. The van der Waals surface area contributed by atoms with Crippen molar-refractivity contribution in [3.8, 4) is 11.5 Å². The molecule has 0 atom stereocenters. The number of carbonyl (C=O) groups excluding carboxylic acids is 1. The molecular formula is C20H16FN3O4. The lowest BCUT2D eigenvalue weighted by atomic mass is 10.1. The van der Waals surface area contributed by atoms with Crippen molar-refractivity contribution in [3.05, 3.63) is 75.4 Å². The van der Waals surface area contributed by atoms with Crippen LogP contribution in [-0.4, -0.2) is 22.4 Å². The number of hydrogen-bond acceptors (Lipinski definition) is 5. The molecule has 142 valence electrons. The van der Waals surface area contributed by atoms with E-state index < -0.39 is 4.92 Å². The maximum Gasteiger partial charge on any atom is 0.271 e. The number of anilines is 1. The lowest BCUT2D eigenvalue weighted by molar-refractivity contribution is -0.384. The lowest BCUT2D eigenvalue weighted by Gasteiger charge is -2.16. The predicted octanol–water partition coefficient (Wildman–Crippen LogP) is 3.83. The van der Waals surface area contributed by atoms with E-state index in [2.05, 4.69) is 4.98 Å². The number of nitro benzene ring substituents is 1. The Kier molecular flexibility index (Phi) is 4.38. The summed E-state index contributed by atoms with van der Waals surface area (Å²) in [6.45, 7) is 2.18. The highest BCUT2D eigenvalue weighted by Gasteiger charge is 2.28. The first kappa shape index (κ1) is 17.8. The number of fused-ring (bicyclic) bond motifs is 1. The van der Waals surface area contributed by atoms with Crippen LogP contribution in [0.3, 0.4) is 0 Å². The summed E-state index contributed by atoms with van der Waals surface area (Å²) in [5, 5.41) is 11.0. The number of rotatable bonds is 4. The molecule has 1 aromatic heterocycles. The second-order valence-corrected chi connectivity index (χ2v) is 6.57. The summed E-state index contributed by atoms with van der Waals surface area (Å²) in [5.41, 5.74) is 2.53. The third-order valence-electron chi connectivity index (χ3n) is 4.78. The molecule has 28 heavy (non-hydrogen) atoms. The van der Waals surface area contributed by atoms with E-state index in [0.717, 1.165) is 5.56 Å². The molecule has 4 rings (SSSR count). The molecule has 0 bridgehead atoms. The van der Waals surface area contributed by atoms with Gasteiger partial charge in [0.2, 0.25) is 11.8 Å². The third kappa shape index (κ3) is 3.24. The molecule has 2 heterocycles. The Labute approximate surface area is 159 Å². The van der Waals surface area contributed by atoms with Crippen LogP contribution in [0.1, 0.15) is 17.0 Å². The van der Waals surface area contributed by atoms with E-state index in [1.54, 1.807) is 30.0 Å². The Morgan fingerprint density at radius 3 is 2.75 bits per heavy atom. The maximum atomic E-state index is 13.1. The SMILES string of the molecule is Cc1oc(-c2ccc(F)cc2)nc1CC(=O)N1CCc2ccc([N+](=O)[O-])cc21. The van der Waals surface area contributed by atoms with Crippen LogP contribution in [-0.2, 0) is 17.6 Å². The Morgan fingerprint density at radius 1 is 1.29 bits per heavy atom. The van der Waals surface area contributed by atoms with Gasteiger partial charge in [0, 0.05) is 24.2 Å². The average Bonchev–Trinajstić information content (AvgIpc) is 3.25. The van der Waals surface area contributed by atoms with Gasteiger partial charge in [-0.2, -0.15) is 0 Å². The first-order chi connectivity index (χ1) is 13.4. The number of halogens is 1. The lowest BCUT2D eigenvalue weighted by Crippen LogP contribution is -2.30. The van der Waals surface area contributed by atoms with E-state index in [4.69, 9.17) is 4.42 Å². The summed E-state index contributed by atoms with van der Waals surface area (Å²) >= 11 is 0. The normalized spacial score (nSPS) is 12.9. The zero-order valence-electron chi connectivity index (χ0n) is 15.0. The number of carbonyl (C=O) groups is 1. The molecule has 1 amide bonds. The van der Waals surface area contributed by atoms with Gasteiger partial charge in [0.05, 0.1) is 22.7 Å². The Bertz CT molecular complexity index is 1080. The summed E-state index contributed by atoms with van der Waals surface area (Å²) in [4.78, 5) is 29.3. The van der Waals surface area contributed by atoms with Crippen molar-refractivity contribution < 1.29 is 18.5 Å². The van der Waals surface area contributed by atoms with Crippen LogP contribution in [0.4, 0.5) is 15.8 Å². The van der Waals surface area contributed by atoms with Gasteiger partial charge in [-0.1, -0.05) is 6.07 Å². The van der Waals surface area contributed by atoms with E-state index in [-0.39, 0.29) is 23.8 Å². The number of nitro groups is 1. The second kappa shape index (κ2) is 6.88. The second-order valence-electron chi connectivity index (χ2n) is 6.57. The summed E-state index contributed by atoms with van der Waals surface area (Å²) in [6, 6.07) is 10.3. The minimum Gasteiger partial charge on any atom is -0.441 e. The predicted molar refractivity (Wildman–Crippen MR) is 99.5 cm³/mol. The van der Waals surface area contributed by atoms with Crippen molar-refractivity contribution in [2.45, 2.75) is 19.8 Å². The van der Waals surface area contributed by atoms with Gasteiger partial charge in [-0.3, -0.25) is 14.9 Å². The highest BCUT2D eigenvalue weighted by molar-refractivity contribution is 5.97. The van der Waals surface area contributed by atoms with Crippen LogP contribution < -0.4 is 4.90 Å². The zero-order valence-corrected chi connectivity index (χ0v) is 15.0. The molecule has 8 heteroatoms. The van der Waals surface area contributed by atoms with Crippen LogP contribution in [0.5, 0.6) is 0 Å². The van der Waals surface area contributed by atoms with Crippen LogP contribution in [0.15, 0.2) is 46.9 Å². The van der Waals surface area contributed by atoms with Gasteiger partial charge in [0.25, 0.3) is 5.69 Å². The fraction of sp³-hybridized carbons (Fsp3) is 0.200.